The smallest absolute Gasteiger partial charge is 0.168 e. The van der Waals surface area contributed by atoms with Gasteiger partial charge in [-0.05, 0) is 63.9 Å². The van der Waals surface area contributed by atoms with E-state index in [-0.39, 0.29) is 6.10 Å². The lowest BCUT2D eigenvalue weighted by Crippen LogP contribution is -2.25. The third-order valence-electron chi connectivity index (χ3n) is 5.35. The Morgan fingerprint density at radius 2 is 1.87 bits per heavy atom. The van der Waals surface area contributed by atoms with Crippen molar-refractivity contribution < 1.29 is 9.47 Å². The fraction of sp³-hybridized carbons (Fsp3) is 0.619. The van der Waals surface area contributed by atoms with Gasteiger partial charge in [0, 0.05) is 5.56 Å². The lowest BCUT2D eigenvalue weighted by molar-refractivity contribution is 0.223. The first kappa shape index (κ1) is 16.4. The SMILES string of the molecule is COc1cccc(/C=C2\CCCC3CCCCC23)c1OC(C)C. The third kappa shape index (κ3) is 3.73. The Kier molecular flexibility index (Phi) is 5.30. The van der Waals surface area contributed by atoms with Crippen LogP contribution in [0.4, 0.5) is 0 Å². The second-order valence-corrected chi connectivity index (χ2v) is 7.31. The topological polar surface area (TPSA) is 18.5 Å². The number of allylic oxidation sites excluding steroid dienone is 1. The molecule has 0 bridgehead atoms. The van der Waals surface area contributed by atoms with Gasteiger partial charge < -0.3 is 9.47 Å². The fourth-order valence-electron chi connectivity index (χ4n) is 4.34. The first-order valence-electron chi connectivity index (χ1n) is 9.23. The van der Waals surface area contributed by atoms with E-state index in [0.717, 1.165) is 23.3 Å². The van der Waals surface area contributed by atoms with Crippen molar-refractivity contribution in [1.29, 1.82) is 0 Å². The van der Waals surface area contributed by atoms with Crippen molar-refractivity contribution in [3.63, 3.8) is 0 Å². The van der Waals surface area contributed by atoms with Crippen molar-refractivity contribution in [2.75, 3.05) is 7.11 Å². The van der Waals surface area contributed by atoms with Crippen LogP contribution in [0.5, 0.6) is 11.5 Å². The lowest BCUT2D eigenvalue weighted by Gasteiger charge is -2.37. The number of hydrogen-bond acceptors (Lipinski definition) is 2. The first-order valence-corrected chi connectivity index (χ1v) is 9.23. The summed E-state index contributed by atoms with van der Waals surface area (Å²) in [5.74, 6) is 3.46. The molecule has 3 rings (SSSR count). The highest BCUT2D eigenvalue weighted by atomic mass is 16.5. The highest BCUT2D eigenvalue weighted by Crippen LogP contribution is 2.45. The van der Waals surface area contributed by atoms with Crippen molar-refractivity contribution in [2.45, 2.75) is 64.9 Å². The molecule has 126 valence electrons. The maximum absolute atomic E-state index is 6.08. The zero-order valence-electron chi connectivity index (χ0n) is 14.8. The second-order valence-electron chi connectivity index (χ2n) is 7.31. The van der Waals surface area contributed by atoms with E-state index in [2.05, 4.69) is 32.1 Å². The molecule has 0 spiro atoms. The van der Waals surface area contributed by atoms with Gasteiger partial charge in [-0.15, -0.1) is 0 Å². The number of benzene rings is 1. The van der Waals surface area contributed by atoms with Gasteiger partial charge in [0.25, 0.3) is 0 Å². The Morgan fingerprint density at radius 3 is 2.65 bits per heavy atom. The average molecular weight is 314 g/mol. The monoisotopic (exact) mass is 314 g/mol. The third-order valence-corrected chi connectivity index (χ3v) is 5.35. The Labute approximate surface area is 140 Å². The second kappa shape index (κ2) is 7.42. The molecular formula is C21H30O2. The Hall–Kier alpha value is -1.44. The maximum atomic E-state index is 6.08. The van der Waals surface area contributed by atoms with E-state index in [1.54, 1.807) is 12.7 Å². The van der Waals surface area contributed by atoms with E-state index in [4.69, 9.17) is 9.47 Å². The molecule has 2 aliphatic carbocycles. The molecule has 2 atom stereocenters. The summed E-state index contributed by atoms with van der Waals surface area (Å²) in [6, 6.07) is 6.23. The van der Waals surface area contributed by atoms with E-state index in [9.17, 15) is 0 Å². The quantitative estimate of drug-likeness (QED) is 0.693. The molecule has 2 unspecified atom stereocenters. The molecule has 0 aromatic heterocycles. The summed E-state index contributed by atoms with van der Waals surface area (Å²) in [6.45, 7) is 4.14. The number of fused-ring (bicyclic) bond motifs is 1. The van der Waals surface area contributed by atoms with Gasteiger partial charge in [0.15, 0.2) is 11.5 Å². The lowest BCUT2D eigenvalue weighted by atomic mass is 9.68. The molecule has 2 fully saturated rings. The molecule has 0 heterocycles. The molecule has 0 amide bonds. The van der Waals surface area contributed by atoms with Crippen molar-refractivity contribution in [2.24, 2.45) is 11.8 Å². The molecule has 2 saturated carbocycles. The summed E-state index contributed by atoms with van der Waals surface area (Å²) in [7, 11) is 1.72. The minimum Gasteiger partial charge on any atom is -0.493 e. The Morgan fingerprint density at radius 1 is 1.09 bits per heavy atom. The molecule has 1 aromatic carbocycles. The van der Waals surface area contributed by atoms with Gasteiger partial charge in [0.2, 0.25) is 0 Å². The normalized spacial score (nSPS) is 26.2. The van der Waals surface area contributed by atoms with Crippen molar-refractivity contribution >= 4 is 6.08 Å². The van der Waals surface area contributed by atoms with Crippen molar-refractivity contribution in [1.82, 2.24) is 0 Å². The molecule has 2 heteroatoms. The maximum Gasteiger partial charge on any atom is 0.168 e. The molecule has 1 aromatic rings. The average Bonchev–Trinajstić information content (AvgIpc) is 2.56. The van der Waals surface area contributed by atoms with Gasteiger partial charge in [-0.1, -0.05) is 36.6 Å². The van der Waals surface area contributed by atoms with Crippen LogP contribution in [0.2, 0.25) is 0 Å². The van der Waals surface area contributed by atoms with Crippen LogP contribution in [0, 0.1) is 11.8 Å². The summed E-state index contributed by atoms with van der Waals surface area (Å²) in [6.07, 6.45) is 12.2. The van der Waals surface area contributed by atoms with Crippen molar-refractivity contribution in [3.8, 4) is 11.5 Å². The van der Waals surface area contributed by atoms with Gasteiger partial charge >= 0.3 is 0 Å². The van der Waals surface area contributed by atoms with Crippen LogP contribution in [-0.2, 0) is 0 Å². The molecule has 0 aliphatic heterocycles. The number of para-hydroxylation sites is 1. The Bertz CT molecular complexity index is 557. The van der Waals surface area contributed by atoms with Gasteiger partial charge in [0.1, 0.15) is 0 Å². The van der Waals surface area contributed by atoms with E-state index >= 15 is 0 Å². The zero-order chi connectivity index (χ0) is 16.2. The summed E-state index contributed by atoms with van der Waals surface area (Å²) in [5, 5.41) is 0. The first-order chi connectivity index (χ1) is 11.2. The summed E-state index contributed by atoms with van der Waals surface area (Å²) >= 11 is 0. The highest BCUT2D eigenvalue weighted by Gasteiger charge is 2.31. The van der Waals surface area contributed by atoms with Gasteiger partial charge in [0.05, 0.1) is 13.2 Å². The van der Waals surface area contributed by atoms with E-state index in [0.29, 0.717) is 0 Å². The van der Waals surface area contributed by atoms with Gasteiger partial charge in [-0.25, -0.2) is 0 Å². The van der Waals surface area contributed by atoms with E-state index in [1.807, 2.05) is 6.07 Å². The number of ether oxygens (including phenoxy) is 2. The number of hydrogen-bond donors (Lipinski definition) is 0. The highest BCUT2D eigenvalue weighted by molar-refractivity contribution is 5.64. The van der Waals surface area contributed by atoms with Crippen LogP contribution in [0.3, 0.4) is 0 Å². The molecular weight excluding hydrogens is 284 g/mol. The molecule has 2 nitrogen and oxygen atoms in total. The van der Waals surface area contributed by atoms with Gasteiger partial charge in [-0.3, -0.25) is 0 Å². The zero-order valence-corrected chi connectivity index (χ0v) is 14.8. The standard InChI is InChI=1S/C21H30O2/c1-15(2)23-21-18(11-7-13-20(21)22-3)14-17-10-6-9-16-8-4-5-12-19(16)17/h7,11,13-16,19H,4-6,8-10,12H2,1-3H3/b17-14+. The summed E-state index contributed by atoms with van der Waals surface area (Å²) < 4.78 is 11.6. The van der Waals surface area contributed by atoms with Crippen LogP contribution in [0.15, 0.2) is 23.8 Å². The fourth-order valence-corrected chi connectivity index (χ4v) is 4.34. The van der Waals surface area contributed by atoms with Crippen LogP contribution in [-0.4, -0.2) is 13.2 Å². The van der Waals surface area contributed by atoms with Crippen molar-refractivity contribution in [3.05, 3.63) is 29.3 Å². The van der Waals surface area contributed by atoms with Crippen LogP contribution >= 0.6 is 0 Å². The largest absolute Gasteiger partial charge is 0.493 e. The predicted molar refractivity (Wildman–Crippen MR) is 96.0 cm³/mol. The molecule has 0 saturated heterocycles. The molecule has 2 aliphatic rings. The van der Waals surface area contributed by atoms with E-state index in [1.165, 1.54) is 50.5 Å². The molecule has 23 heavy (non-hydrogen) atoms. The predicted octanol–water partition coefficient (Wildman–Crippen LogP) is 5.86. The Balaban J connectivity index is 1.94. The summed E-state index contributed by atoms with van der Waals surface area (Å²) in [4.78, 5) is 0. The van der Waals surface area contributed by atoms with Crippen LogP contribution < -0.4 is 9.47 Å². The molecule has 0 N–H and O–H groups in total. The number of rotatable bonds is 4. The number of methoxy groups -OCH3 is 1. The minimum atomic E-state index is 0.150. The molecule has 0 radical (unpaired) electrons. The minimum absolute atomic E-state index is 0.150. The van der Waals surface area contributed by atoms with Crippen LogP contribution in [0.25, 0.3) is 6.08 Å². The van der Waals surface area contributed by atoms with Gasteiger partial charge in [-0.2, -0.15) is 0 Å². The van der Waals surface area contributed by atoms with Crippen LogP contribution in [0.1, 0.15) is 64.4 Å². The summed E-state index contributed by atoms with van der Waals surface area (Å²) in [5.41, 5.74) is 2.82. The van der Waals surface area contributed by atoms with E-state index < -0.39 is 0 Å².